The molecule has 184 valence electrons. The average molecular weight is 517 g/mol. The Hall–Kier alpha value is 1.29. The average Bonchev–Trinajstić information content (AvgIpc) is 3.40. The quantitative estimate of drug-likeness (QED) is 0.320. The first-order chi connectivity index (χ1) is 15.1. The van der Waals surface area contributed by atoms with Gasteiger partial charge in [0.15, 0.2) is 0 Å². The zero-order valence-electron chi connectivity index (χ0n) is 22.0. The summed E-state index contributed by atoms with van der Waals surface area (Å²) in [7, 11) is 9.78. The molecule has 0 saturated heterocycles. The Labute approximate surface area is 217 Å². The molecule has 4 unspecified atom stereocenters. The second-order valence-electron chi connectivity index (χ2n) is 13.4. The molecule has 6 aliphatic rings. The molecule has 6 fully saturated rings. The molecule has 0 amide bonds. The van der Waals surface area contributed by atoms with Crippen molar-refractivity contribution in [3.8, 4) is 0 Å². The van der Waals surface area contributed by atoms with Crippen molar-refractivity contribution in [2.45, 2.75) is 113 Å². The van der Waals surface area contributed by atoms with Crippen LogP contribution in [0.1, 0.15) is 113 Å². The van der Waals surface area contributed by atoms with Gasteiger partial charge in [-0.2, -0.15) is 0 Å². The van der Waals surface area contributed by atoms with Gasteiger partial charge in [0.1, 0.15) is 0 Å². The second kappa shape index (κ2) is 11.6. The molecule has 3 heteroatoms. The van der Waals surface area contributed by atoms with Crippen LogP contribution < -0.4 is 0 Å². The second-order valence-corrected chi connectivity index (χ2v) is 16.0. The molecule has 7 atom stereocenters. The Bertz CT molecular complexity index is 576. The number of hydrogen-bond donors (Lipinski definition) is 0. The summed E-state index contributed by atoms with van der Waals surface area (Å²) < 4.78 is 0. The van der Waals surface area contributed by atoms with Crippen molar-refractivity contribution in [2.24, 2.45) is 58.2 Å². The molecule has 0 aromatic heterocycles. The molecule has 6 aliphatic carbocycles. The topological polar surface area (TPSA) is 0 Å². The number of halogens is 2. The normalized spacial score (nSPS) is 41.5. The molecule has 32 heavy (non-hydrogen) atoms. The Morgan fingerprint density at radius 3 is 2.12 bits per heavy atom. The summed E-state index contributed by atoms with van der Waals surface area (Å²) in [4.78, 5) is 0. The van der Waals surface area contributed by atoms with Gasteiger partial charge in [0.05, 0.1) is 0 Å². The van der Waals surface area contributed by atoms with Gasteiger partial charge in [0, 0.05) is 0 Å². The summed E-state index contributed by atoms with van der Waals surface area (Å²) in [5, 5.41) is 0. The summed E-state index contributed by atoms with van der Waals surface area (Å²) >= 11 is -0.556. The fourth-order valence-electron chi connectivity index (χ4n) is 9.26. The Balaban J connectivity index is 0.000000161. The van der Waals surface area contributed by atoms with Crippen LogP contribution in [-0.4, -0.2) is 0 Å². The van der Waals surface area contributed by atoms with E-state index in [4.69, 9.17) is 18.6 Å². The maximum absolute atomic E-state index is 4.89. The molecule has 0 nitrogen and oxygen atoms in total. The van der Waals surface area contributed by atoms with Crippen molar-refractivity contribution in [1.29, 1.82) is 0 Å². The van der Waals surface area contributed by atoms with Gasteiger partial charge in [-0.1, -0.05) is 67.7 Å². The van der Waals surface area contributed by atoms with Crippen LogP contribution in [0.25, 0.3) is 0 Å². The van der Waals surface area contributed by atoms with Crippen molar-refractivity contribution in [3.05, 3.63) is 12.3 Å². The summed E-state index contributed by atoms with van der Waals surface area (Å²) in [6, 6.07) is 0. The van der Waals surface area contributed by atoms with E-state index >= 15 is 0 Å². The first-order valence-corrected chi connectivity index (χ1v) is 18.0. The van der Waals surface area contributed by atoms with E-state index in [1.807, 2.05) is 5.92 Å². The van der Waals surface area contributed by atoms with Crippen molar-refractivity contribution in [1.82, 2.24) is 0 Å². The van der Waals surface area contributed by atoms with Gasteiger partial charge in [0.25, 0.3) is 0 Å². The molecule has 0 aromatic carbocycles. The molecule has 0 aliphatic heterocycles. The van der Waals surface area contributed by atoms with Crippen LogP contribution in [0.3, 0.4) is 0 Å². The van der Waals surface area contributed by atoms with Crippen LogP contribution in [0.15, 0.2) is 0 Å². The summed E-state index contributed by atoms with van der Waals surface area (Å²) in [6.45, 7) is 17.4. The van der Waals surface area contributed by atoms with E-state index in [0.717, 1.165) is 47.3 Å². The minimum atomic E-state index is -0.556. The molecule has 0 heterocycles. The van der Waals surface area contributed by atoms with Gasteiger partial charge in [0.2, 0.25) is 0 Å². The van der Waals surface area contributed by atoms with Gasteiger partial charge in [-0.15, -0.1) is 0 Å². The fourth-order valence-corrected chi connectivity index (χ4v) is 9.26. The molecular formula is C29H50Cl2Ti. The molecule has 0 spiro atoms. The van der Waals surface area contributed by atoms with E-state index in [-0.39, 0.29) is 0 Å². The van der Waals surface area contributed by atoms with E-state index in [1.165, 1.54) is 57.8 Å². The van der Waals surface area contributed by atoms with Crippen LogP contribution >= 0.6 is 18.6 Å². The van der Waals surface area contributed by atoms with E-state index in [1.54, 1.807) is 6.42 Å². The van der Waals surface area contributed by atoms with Crippen LogP contribution in [0, 0.1) is 70.5 Å². The Kier molecular flexibility index (Phi) is 10.1. The fraction of sp³-hybridized carbons (Fsp3) is 0.931. The molecule has 6 saturated carbocycles. The molecule has 0 aromatic rings. The first kappa shape index (κ1) is 27.9. The van der Waals surface area contributed by atoms with Crippen molar-refractivity contribution in [3.63, 3.8) is 0 Å². The predicted octanol–water partition coefficient (Wildman–Crippen LogP) is 10.1. The van der Waals surface area contributed by atoms with Crippen LogP contribution in [0.4, 0.5) is 0 Å². The molecule has 2 bridgehead atoms. The molecular weight excluding hydrogens is 467 g/mol. The Morgan fingerprint density at radius 1 is 0.906 bits per heavy atom. The maximum atomic E-state index is 4.89. The summed E-state index contributed by atoms with van der Waals surface area (Å²) in [5.74, 6) is 9.83. The third-order valence-electron chi connectivity index (χ3n) is 10.9. The van der Waals surface area contributed by atoms with E-state index in [2.05, 4.69) is 54.9 Å². The number of hydrogen-bond acceptors (Lipinski definition) is 0. The monoisotopic (exact) mass is 516 g/mol. The van der Waals surface area contributed by atoms with Gasteiger partial charge in [-0.05, 0) is 115 Å². The third-order valence-corrected chi connectivity index (χ3v) is 10.9. The number of rotatable bonds is 2. The Morgan fingerprint density at radius 2 is 1.56 bits per heavy atom. The first-order valence-electron chi connectivity index (χ1n) is 13.7. The van der Waals surface area contributed by atoms with Crippen molar-refractivity contribution < 1.29 is 17.0 Å². The van der Waals surface area contributed by atoms with Crippen LogP contribution in [0.5, 0.6) is 0 Å². The van der Waals surface area contributed by atoms with Gasteiger partial charge in [-0.25, -0.2) is 0 Å². The molecule has 2 radical (unpaired) electrons. The van der Waals surface area contributed by atoms with Gasteiger partial charge >= 0.3 is 35.6 Å². The van der Waals surface area contributed by atoms with E-state index < -0.39 is 17.0 Å². The summed E-state index contributed by atoms with van der Waals surface area (Å²) in [6.07, 6.45) is 17.3. The summed E-state index contributed by atoms with van der Waals surface area (Å²) in [5.41, 5.74) is 1.30. The van der Waals surface area contributed by atoms with E-state index in [0.29, 0.717) is 10.8 Å². The zero-order chi connectivity index (χ0) is 23.7. The van der Waals surface area contributed by atoms with Crippen LogP contribution in [0.2, 0.25) is 0 Å². The minimum absolute atomic E-state index is 0.556. The van der Waals surface area contributed by atoms with Gasteiger partial charge in [-0.3, -0.25) is 0 Å². The standard InChI is InChI=1S/C15H26.C14H24.2ClH.Ti/c1-11(2)14-9-8-12(3)10-15(14)13-6-4-5-7-13;1-13(2)10-7-5-6-9(10)11-8-12(13)14(11,3)4;;;/h6,11-12,14-15H,4-5,7-10H2,1-3H3;9-12H,5-8H2,1-4H3;2*1H;/q;;;;+2/p-2/t12-,14+,15-;;;;/m0..../s1. The van der Waals surface area contributed by atoms with Gasteiger partial charge < -0.3 is 0 Å². The third kappa shape index (κ3) is 5.65. The SMILES string of the molecule is CC(C)[C@H]1CC[C@H](C)C[C@H]1[C]1[CH]CCC1.CC1(C)C2CCCC2C2CC1C2(C)C.[Cl][Ti][Cl]. The van der Waals surface area contributed by atoms with Crippen molar-refractivity contribution in [2.75, 3.05) is 0 Å². The molecule has 0 N–H and O–H groups in total. The van der Waals surface area contributed by atoms with Crippen LogP contribution in [-0.2, 0) is 17.0 Å². The zero-order valence-corrected chi connectivity index (χ0v) is 25.1. The van der Waals surface area contributed by atoms with Crippen molar-refractivity contribution >= 4 is 18.6 Å². The predicted molar refractivity (Wildman–Crippen MR) is 138 cm³/mol. The van der Waals surface area contributed by atoms with E-state index in [9.17, 15) is 0 Å². The molecule has 6 rings (SSSR count).